The second-order valence-electron chi connectivity index (χ2n) is 4.94. The van der Waals surface area contributed by atoms with Gasteiger partial charge in [0, 0.05) is 26.2 Å². The number of halogens is 1. The fourth-order valence-corrected chi connectivity index (χ4v) is 2.89. The van der Waals surface area contributed by atoms with Gasteiger partial charge in [0.25, 0.3) is 5.91 Å². The minimum absolute atomic E-state index is 0.121. The fraction of sp³-hybridized carbons (Fsp3) is 0.462. The predicted molar refractivity (Wildman–Crippen MR) is 76.0 cm³/mol. The molecule has 1 aliphatic rings. The molecule has 0 aliphatic carbocycles. The summed E-state index contributed by atoms with van der Waals surface area (Å²) in [5.41, 5.74) is -0.212. The largest absolute Gasteiger partial charge is 0.336 e. The zero-order chi connectivity index (χ0) is 15.6. The van der Waals surface area contributed by atoms with Crippen molar-refractivity contribution in [3.63, 3.8) is 0 Å². The van der Waals surface area contributed by atoms with Gasteiger partial charge in [0.15, 0.2) is 0 Å². The van der Waals surface area contributed by atoms with E-state index in [0.29, 0.717) is 26.2 Å². The second kappa shape index (κ2) is 6.08. The summed E-state index contributed by atoms with van der Waals surface area (Å²) in [5.74, 6) is -1.19. The third-order valence-electron chi connectivity index (χ3n) is 3.54. The van der Waals surface area contributed by atoms with Crippen LogP contribution in [0.25, 0.3) is 0 Å². The van der Waals surface area contributed by atoms with Crippen molar-refractivity contribution >= 4 is 15.9 Å². The highest BCUT2D eigenvalue weighted by molar-refractivity contribution is 7.89. The van der Waals surface area contributed by atoms with Gasteiger partial charge in [0.1, 0.15) is 5.82 Å². The van der Waals surface area contributed by atoms with E-state index < -0.39 is 21.7 Å². The maximum Gasteiger partial charge on any atom is 0.256 e. The van der Waals surface area contributed by atoms with Gasteiger partial charge >= 0.3 is 0 Å². The van der Waals surface area contributed by atoms with Gasteiger partial charge in [-0.2, -0.15) is 0 Å². The molecule has 1 aliphatic heterocycles. The molecule has 1 amide bonds. The number of piperazine rings is 1. The lowest BCUT2D eigenvalue weighted by atomic mass is 10.1. The summed E-state index contributed by atoms with van der Waals surface area (Å²) in [4.78, 5) is 15.8. The van der Waals surface area contributed by atoms with Crippen molar-refractivity contribution in [1.29, 1.82) is 0 Å². The second-order valence-corrected chi connectivity index (χ2v) is 6.83. The molecular weight excluding hydrogens is 297 g/mol. The summed E-state index contributed by atoms with van der Waals surface area (Å²) in [5, 5.41) is 0. The summed E-state index contributed by atoms with van der Waals surface area (Å²) in [6.07, 6.45) is 0. The quantitative estimate of drug-likeness (QED) is 0.860. The van der Waals surface area contributed by atoms with Crippen molar-refractivity contribution < 1.29 is 17.6 Å². The Balaban J connectivity index is 2.31. The fourth-order valence-electron chi connectivity index (χ4n) is 2.13. The summed E-state index contributed by atoms with van der Waals surface area (Å²) in [7, 11) is -0.495. The smallest absolute Gasteiger partial charge is 0.256 e. The van der Waals surface area contributed by atoms with Gasteiger partial charge in [-0.3, -0.25) is 4.79 Å². The van der Waals surface area contributed by atoms with E-state index in [1.165, 1.54) is 11.9 Å². The monoisotopic (exact) mass is 315 g/mol. The Bertz CT molecular complexity index is 640. The van der Waals surface area contributed by atoms with E-state index in [1.807, 2.05) is 7.05 Å². The molecule has 0 radical (unpaired) electrons. The maximum atomic E-state index is 13.9. The number of hydrogen-bond acceptors (Lipinski definition) is 4. The van der Waals surface area contributed by atoms with E-state index in [-0.39, 0.29) is 10.5 Å². The van der Waals surface area contributed by atoms with Gasteiger partial charge in [-0.25, -0.2) is 17.5 Å². The van der Waals surface area contributed by atoms with Crippen molar-refractivity contribution in [2.24, 2.45) is 0 Å². The molecule has 1 aromatic carbocycles. The Kier molecular flexibility index (Phi) is 4.60. The Labute approximate surface area is 123 Å². The van der Waals surface area contributed by atoms with Crippen LogP contribution in [0.2, 0.25) is 0 Å². The Morgan fingerprint density at radius 2 is 1.86 bits per heavy atom. The first-order valence-corrected chi connectivity index (χ1v) is 8.04. The van der Waals surface area contributed by atoms with Gasteiger partial charge in [-0.05, 0) is 32.3 Å². The predicted octanol–water partition coefficient (Wildman–Crippen LogP) is 0.121. The number of benzene rings is 1. The SMILES string of the molecule is CNS(=O)(=O)c1ccc(F)c(C(=O)N2CCN(C)CC2)c1. The molecule has 8 heteroatoms. The number of likely N-dealkylation sites (N-methyl/N-ethyl adjacent to an activating group) is 1. The van der Waals surface area contributed by atoms with Gasteiger partial charge < -0.3 is 9.80 Å². The van der Waals surface area contributed by atoms with E-state index in [1.54, 1.807) is 0 Å². The van der Waals surface area contributed by atoms with Crippen LogP contribution >= 0.6 is 0 Å². The molecule has 1 saturated heterocycles. The first-order valence-electron chi connectivity index (χ1n) is 6.56. The van der Waals surface area contributed by atoms with Gasteiger partial charge in [-0.1, -0.05) is 0 Å². The Morgan fingerprint density at radius 1 is 1.24 bits per heavy atom. The zero-order valence-electron chi connectivity index (χ0n) is 12.0. The molecule has 0 spiro atoms. The first-order chi connectivity index (χ1) is 9.85. The average Bonchev–Trinajstić information content (AvgIpc) is 2.47. The average molecular weight is 315 g/mol. The number of amides is 1. The van der Waals surface area contributed by atoms with Crippen molar-refractivity contribution in [3.8, 4) is 0 Å². The minimum Gasteiger partial charge on any atom is -0.336 e. The van der Waals surface area contributed by atoms with Crippen molar-refractivity contribution in [2.45, 2.75) is 4.90 Å². The highest BCUT2D eigenvalue weighted by Gasteiger charge is 2.24. The number of carbonyl (C=O) groups excluding carboxylic acids is 1. The van der Waals surface area contributed by atoms with Crippen LogP contribution in [0.4, 0.5) is 4.39 Å². The van der Waals surface area contributed by atoms with Crippen molar-refractivity contribution in [2.75, 3.05) is 40.3 Å². The van der Waals surface area contributed by atoms with Crippen LogP contribution < -0.4 is 4.72 Å². The molecule has 1 fully saturated rings. The third kappa shape index (κ3) is 3.39. The maximum absolute atomic E-state index is 13.9. The number of hydrogen-bond donors (Lipinski definition) is 1. The van der Waals surface area contributed by atoms with Crippen molar-refractivity contribution in [1.82, 2.24) is 14.5 Å². The summed E-state index contributed by atoms with van der Waals surface area (Å²) < 4.78 is 39.5. The number of carbonyl (C=O) groups is 1. The van der Waals surface area contributed by atoms with E-state index in [0.717, 1.165) is 18.2 Å². The highest BCUT2D eigenvalue weighted by Crippen LogP contribution is 2.17. The lowest BCUT2D eigenvalue weighted by Crippen LogP contribution is -2.47. The summed E-state index contributed by atoms with van der Waals surface area (Å²) in [6.45, 7) is 2.42. The Hall–Kier alpha value is -1.51. The molecule has 1 heterocycles. The normalized spacial score (nSPS) is 17.0. The molecule has 1 aromatic rings. The van der Waals surface area contributed by atoms with E-state index >= 15 is 0 Å². The van der Waals surface area contributed by atoms with Crippen LogP contribution in [0.1, 0.15) is 10.4 Å². The lowest BCUT2D eigenvalue weighted by molar-refractivity contribution is 0.0659. The number of rotatable bonds is 3. The van der Waals surface area contributed by atoms with E-state index in [9.17, 15) is 17.6 Å². The summed E-state index contributed by atoms with van der Waals surface area (Å²) in [6, 6.07) is 3.23. The Morgan fingerprint density at radius 3 is 2.43 bits per heavy atom. The van der Waals surface area contributed by atoms with Crippen LogP contribution in [0.15, 0.2) is 23.1 Å². The molecule has 6 nitrogen and oxygen atoms in total. The van der Waals surface area contributed by atoms with E-state index in [4.69, 9.17) is 0 Å². The molecule has 21 heavy (non-hydrogen) atoms. The first kappa shape index (κ1) is 15.9. The van der Waals surface area contributed by atoms with E-state index in [2.05, 4.69) is 9.62 Å². The standard InChI is InChI=1S/C13H18FN3O3S/c1-15-21(19,20)10-3-4-12(14)11(9-10)13(18)17-7-5-16(2)6-8-17/h3-4,9,15H,5-8H2,1-2H3. The van der Waals surface area contributed by atoms with Crippen LogP contribution in [-0.2, 0) is 10.0 Å². The van der Waals surface area contributed by atoms with Crippen LogP contribution in [0, 0.1) is 5.82 Å². The molecule has 2 rings (SSSR count). The molecule has 116 valence electrons. The number of sulfonamides is 1. The number of nitrogens with one attached hydrogen (secondary N) is 1. The molecule has 0 atom stereocenters. The molecule has 1 N–H and O–H groups in total. The molecule has 0 aromatic heterocycles. The van der Waals surface area contributed by atoms with Gasteiger partial charge in [-0.15, -0.1) is 0 Å². The number of nitrogens with zero attached hydrogens (tertiary/aromatic N) is 2. The zero-order valence-corrected chi connectivity index (χ0v) is 12.8. The minimum atomic E-state index is -3.71. The molecule has 0 unspecified atom stereocenters. The van der Waals surface area contributed by atoms with Crippen molar-refractivity contribution in [3.05, 3.63) is 29.6 Å². The highest BCUT2D eigenvalue weighted by atomic mass is 32.2. The van der Waals surface area contributed by atoms with Gasteiger partial charge in [0.2, 0.25) is 10.0 Å². The molecule has 0 saturated carbocycles. The topological polar surface area (TPSA) is 69.7 Å². The van der Waals surface area contributed by atoms with Gasteiger partial charge in [0.05, 0.1) is 10.5 Å². The van der Waals surface area contributed by atoms with Crippen LogP contribution in [0.3, 0.4) is 0 Å². The third-order valence-corrected chi connectivity index (χ3v) is 4.95. The lowest BCUT2D eigenvalue weighted by Gasteiger charge is -2.32. The van der Waals surface area contributed by atoms with Crippen LogP contribution in [0.5, 0.6) is 0 Å². The molecule has 0 bridgehead atoms. The summed E-state index contributed by atoms with van der Waals surface area (Å²) >= 11 is 0. The molecular formula is C13H18FN3O3S. The van der Waals surface area contributed by atoms with Crippen LogP contribution in [-0.4, -0.2) is 64.4 Å².